The molecule has 2 heterocycles. The highest BCUT2D eigenvalue weighted by atomic mass is 79.9. The zero-order chi connectivity index (χ0) is 24.4. The molecule has 0 aliphatic rings. The van der Waals surface area contributed by atoms with Crippen molar-refractivity contribution >= 4 is 61.9 Å². The van der Waals surface area contributed by atoms with Gasteiger partial charge in [-0.05, 0) is 54.6 Å². The smallest absolute Gasteiger partial charge is 0.345 e. The molecule has 174 valence electrons. The van der Waals surface area contributed by atoms with Crippen molar-refractivity contribution in [3.63, 3.8) is 0 Å². The van der Waals surface area contributed by atoms with Crippen molar-refractivity contribution in [3.8, 4) is 16.9 Å². The molecule has 0 aliphatic heterocycles. The number of hydrogen-bond donors (Lipinski definition) is 1. The van der Waals surface area contributed by atoms with Crippen LogP contribution in [-0.4, -0.2) is 21.2 Å². The standard InChI is InChI=1S/C26H17BrClN3O3S/c27-17-8-10-20(11-9-17)31-14-22(21-12-16-4-1-2-7-23(16)34-25(21)33)30-26(31)35-15-24(32)29-19-6-3-5-18(28)13-19/h1-14H,15H2,(H,29,32). The van der Waals surface area contributed by atoms with Gasteiger partial charge in [-0.1, -0.05) is 63.6 Å². The summed E-state index contributed by atoms with van der Waals surface area (Å²) in [6.45, 7) is 0. The fourth-order valence-electron chi connectivity index (χ4n) is 3.52. The van der Waals surface area contributed by atoms with Crippen LogP contribution >= 0.6 is 39.3 Å². The number of halogens is 2. The van der Waals surface area contributed by atoms with E-state index in [1.165, 1.54) is 11.8 Å². The zero-order valence-corrected chi connectivity index (χ0v) is 21.2. The fourth-order valence-corrected chi connectivity index (χ4v) is 4.76. The van der Waals surface area contributed by atoms with Gasteiger partial charge < -0.3 is 9.73 Å². The molecule has 6 nitrogen and oxygen atoms in total. The SMILES string of the molecule is O=C(CSc1nc(-c2cc3ccccc3oc2=O)cn1-c1ccc(Br)cc1)Nc1cccc(Cl)c1. The molecule has 5 aromatic rings. The quantitative estimate of drug-likeness (QED) is 0.181. The highest BCUT2D eigenvalue weighted by Crippen LogP contribution is 2.28. The second-order valence-corrected chi connectivity index (χ2v) is 9.88. The number of nitrogens with one attached hydrogen (secondary N) is 1. The average molecular weight is 567 g/mol. The summed E-state index contributed by atoms with van der Waals surface area (Å²) >= 11 is 10.7. The Bertz CT molecular complexity index is 1600. The van der Waals surface area contributed by atoms with Gasteiger partial charge in [0.2, 0.25) is 5.91 Å². The van der Waals surface area contributed by atoms with Crippen LogP contribution in [0, 0.1) is 0 Å². The first-order valence-electron chi connectivity index (χ1n) is 10.5. The second kappa shape index (κ2) is 10.1. The normalized spacial score (nSPS) is 11.0. The maximum Gasteiger partial charge on any atom is 0.345 e. The van der Waals surface area contributed by atoms with Crippen LogP contribution in [0.2, 0.25) is 5.02 Å². The number of amides is 1. The maximum atomic E-state index is 12.7. The van der Waals surface area contributed by atoms with Gasteiger partial charge in [-0.15, -0.1) is 0 Å². The maximum absolute atomic E-state index is 12.7. The zero-order valence-electron chi connectivity index (χ0n) is 18.1. The lowest BCUT2D eigenvalue weighted by Gasteiger charge is -2.08. The Morgan fingerprint density at radius 3 is 2.66 bits per heavy atom. The summed E-state index contributed by atoms with van der Waals surface area (Å²) in [5.41, 5.74) is 2.32. The van der Waals surface area contributed by atoms with Crippen molar-refractivity contribution in [2.45, 2.75) is 5.16 Å². The van der Waals surface area contributed by atoms with E-state index < -0.39 is 5.63 Å². The van der Waals surface area contributed by atoms with Gasteiger partial charge in [0.1, 0.15) is 5.58 Å². The predicted molar refractivity (Wildman–Crippen MR) is 144 cm³/mol. The minimum absolute atomic E-state index is 0.117. The Kier molecular flexibility index (Phi) is 6.77. The first kappa shape index (κ1) is 23.4. The van der Waals surface area contributed by atoms with Crippen LogP contribution in [0.4, 0.5) is 5.69 Å². The van der Waals surface area contributed by atoms with Crippen LogP contribution in [0.15, 0.2) is 104 Å². The molecule has 0 spiro atoms. The van der Waals surface area contributed by atoms with E-state index in [-0.39, 0.29) is 11.7 Å². The number of thioether (sulfide) groups is 1. The topological polar surface area (TPSA) is 77.1 Å². The van der Waals surface area contributed by atoms with E-state index in [0.29, 0.717) is 32.7 Å². The van der Waals surface area contributed by atoms with Gasteiger partial charge >= 0.3 is 5.63 Å². The van der Waals surface area contributed by atoms with Crippen LogP contribution in [0.1, 0.15) is 0 Å². The summed E-state index contributed by atoms with van der Waals surface area (Å²) in [4.78, 5) is 30.0. The van der Waals surface area contributed by atoms with Gasteiger partial charge in [-0.3, -0.25) is 9.36 Å². The number of aromatic nitrogens is 2. The summed E-state index contributed by atoms with van der Waals surface area (Å²) in [7, 11) is 0. The largest absolute Gasteiger partial charge is 0.422 e. The fraction of sp³-hybridized carbons (Fsp3) is 0.0385. The second-order valence-electron chi connectivity index (χ2n) is 7.59. The minimum atomic E-state index is -0.473. The van der Waals surface area contributed by atoms with Crippen molar-refractivity contribution in [1.29, 1.82) is 0 Å². The first-order chi connectivity index (χ1) is 17.0. The summed E-state index contributed by atoms with van der Waals surface area (Å²) in [6, 6.07) is 23.8. The van der Waals surface area contributed by atoms with E-state index in [4.69, 9.17) is 21.0 Å². The number of carbonyl (C=O) groups is 1. The summed E-state index contributed by atoms with van der Waals surface area (Å²) < 4.78 is 8.29. The molecule has 0 unspecified atom stereocenters. The Morgan fingerprint density at radius 1 is 1.06 bits per heavy atom. The molecule has 35 heavy (non-hydrogen) atoms. The molecule has 0 saturated heterocycles. The lowest BCUT2D eigenvalue weighted by Crippen LogP contribution is -2.14. The number of rotatable bonds is 6. The van der Waals surface area contributed by atoms with Gasteiger partial charge in [0.25, 0.3) is 0 Å². The van der Waals surface area contributed by atoms with Crippen LogP contribution in [0.5, 0.6) is 0 Å². The third kappa shape index (κ3) is 5.35. The molecule has 1 N–H and O–H groups in total. The number of imidazole rings is 1. The van der Waals surface area contributed by atoms with Crippen LogP contribution in [-0.2, 0) is 4.79 Å². The molecule has 0 atom stereocenters. The molecule has 2 aromatic heterocycles. The monoisotopic (exact) mass is 565 g/mol. The highest BCUT2D eigenvalue weighted by Gasteiger charge is 2.17. The molecule has 1 amide bonds. The Hall–Kier alpha value is -3.33. The molecule has 0 saturated carbocycles. The van der Waals surface area contributed by atoms with Crippen LogP contribution < -0.4 is 10.9 Å². The number of benzene rings is 3. The van der Waals surface area contributed by atoms with Gasteiger partial charge in [-0.25, -0.2) is 9.78 Å². The van der Waals surface area contributed by atoms with Gasteiger partial charge in [0, 0.05) is 32.5 Å². The van der Waals surface area contributed by atoms with Crippen molar-refractivity contribution in [2.75, 3.05) is 11.1 Å². The predicted octanol–water partition coefficient (Wildman–Crippen LogP) is 6.79. The summed E-state index contributed by atoms with van der Waals surface area (Å²) in [5, 5.41) is 4.74. The molecule has 0 aliphatic carbocycles. The molecular weight excluding hydrogens is 550 g/mol. The highest BCUT2D eigenvalue weighted by molar-refractivity contribution is 9.10. The number of nitrogens with zero attached hydrogens (tertiary/aromatic N) is 2. The van der Waals surface area contributed by atoms with Gasteiger partial charge in [0.15, 0.2) is 5.16 Å². The summed E-state index contributed by atoms with van der Waals surface area (Å²) in [5.74, 6) is -0.0828. The number of para-hydroxylation sites is 1. The van der Waals surface area contributed by atoms with Crippen LogP contribution in [0.3, 0.4) is 0 Å². The molecule has 3 aromatic carbocycles. The minimum Gasteiger partial charge on any atom is -0.422 e. The molecule has 0 fully saturated rings. The number of carbonyl (C=O) groups excluding carboxylic acids is 1. The van der Waals surface area contributed by atoms with E-state index in [9.17, 15) is 9.59 Å². The van der Waals surface area contributed by atoms with Crippen molar-refractivity contribution < 1.29 is 9.21 Å². The van der Waals surface area contributed by atoms with E-state index in [0.717, 1.165) is 15.5 Å². The number of hydrogen-bond acceptors (Lipinski definition) is 5. The number of anilines is 1. The molecular formula is C26H17BrClN3O3S. The van der Waals surface area contributed by atoms with Crippen molar-refractivity contribution in [3.05, 3.63) is 105 Å². The first-order valence-corrected chi connectivity index (χ1v) is 12.7. The average Bonchev–Trinajstić information content (AvgIpc) is 3.27. The van der Waals surface area contributed by atoms with E-state index >= 15 is 0 Å². The number of fused-ring (bicyclic) bond motifs is 1. The van der Waals surface area contributed by atoms with E-state index in [1.54, 1.807) is 42.6 Å². The third-order valence-electron chi connectivity index (χ3n) is 5.14. The molecule has 0 bridgehead atoms. The lowest BCUT2D eigenvalue weighted by atomic mass is 10.1. The van der Waals surface area contributed by atoms with Crippen molar-refractivity contribution in [1.82, 2.24) is 9.55 Å². The van der Waals surface area contributed by atoms with E-state index in [1.807, 2.05) is 47.0 Å². The Morgan fingerprint density at radius 2 is 1.86 bits per heavy atom. The van der Waals surface area contributed by atoms with Crippen LogP contribution in [0.25, 0.3) is 27.9 Å². The van der Waals surface area contributed by atoms with Gasteiger partial charge in [-0.2, -0.15) is 0 Å². The Balaban J connectivity index is 1.48. The Labute approximate surface area is 218 Å². The molecule has 9 heteroatoms. The summed E-state index contributed by atoms with van der Waals surface area (Å²) in [6.07, 6.45) is 1.78. The van der Waals surface area contributed by atoms with Gasteiger partial charge in [0.05, 0.1) is 17.0 Å². The molecule has 5 rings (SSSR count). The lowest BCUT2D eigenvalue weighted by molar-refractivity contribution is -0.113. The van der Waals surface area contributed by atoms with E-state index in [2.05, 4.69) is 21.2 Å². The molecule has 0 radical (unpaired) electrons. The van der Waals surface area contributed by atoms with Crippen molar-refractivity contribution in [2.24, 2.45) is 0 Å². The third-order valence-corrected chi connectivity index (χ3v) is 6.85.